The minimum Gasteiger partial charge on any atom is -0.459 e. The highest BCUT2D eigenvalue weighted by Crippen LogP contribution is 2.23. The molecule has 0 spiro atoms. The van der Waals surface area contributed by atoms with Crippen molar-refractivity contribution in [2.75, 3.05) is 40.9 Å². The van der Waals surface area contributed by atoms with Crippen LogP contribution in [0.15, 0.2) is 39.7 Å². The Morgan fingerprint density at radius 3 is 2.80 bits per heavy atom. The zero-order chi connectivity index (χ0) is 18.2. The number of furan rings is 1. The van der Waals surface area contributed by atoms with Crippen molar-refractivity contribution in [3.8, 4) is 0 Å². The SMILES string of the molecule is COCCNC(=NCC(=O)N(C)C)NC(C)c1cc2ccccc2o1. The molecule has 0 bridgehead atoms. The lowest BCUT2D eigenvalue weighted by Crippen LogP contribution is -2.41. The number of rotatable bonds is 7. The number of hydrogen-bond donors (Lipinski definition) is 2. The summed E-state index contributed by atoms with van der Waals surface area (Å²) in [7, 11) is 5.05. The number of amides is 1. The highest BCUT2D eigenvalue weighted by molar-refractivity contribution is 5.85. The standard InChI is InChI=1S/C18H26N4O3/c1-13(16-11-14-7-5-6-8-15(14)25-16)21-18(19-9-10-24-4)20-12-17(23)22(2)3/h5-8,11,13H,9-10,12H2,1-4H3,(H2,19,20,21). The summed E-state index contributed by atoms with van der Waals surface area (Å²) in [5.74, 6) is 1.28. The van der Waals surface area contributed by atoms with Crippen LogP contribution in [0.3, 0.4) is 0 Å². The van der Waals surface area contributed by atoms with Crippen molar-refractivity contribution in [3.63, 3.8) is 0 Å². The zero-order valence-corrected chi connectivity index (χ0v) is 15.2. The van der Waals surface area contributed by atoms with Gasteiger partial charge in [0.2, 0.25) is 5.91 Å². The normalized spacial score (nSPS) is 12.9. The largest absolute Gasteiger partial charge is 0.459 e. The van der Waals surface area contributed by atoms with Crippen LogP contribution in [0.2, 0.25) is 0 Å². The molecule has 2 N–H and O–H groups in total. The van der Waals surface area contributed by atoms with E-state index >= 15 is 0 Å². The molecule has 0 fully saturated rings. The molecule has 0 aliphatic rings. The highest BCUT2D eigenvalue weighted by Gasteiger charge is 2.13. The Hall–Kier alpha value is -2.54. The Kier molecular flexibility index (Phi) is 6.82. The Balaban J connectivity index is 2.07. The molecule has 1 atom stereocenters. The molecule has 1 amide bonds. The highest BCUT2D eigenvalue weighted by atomic mass is 16.5. The number of nitrogens with one attached hydrogen (secondary N) is 2. The molecular formula is C18H26N4O3. The van der Waals surface area contributed by atoms with Crippen molar-refractivity contribution >= 4 is 22.8 Å². The van der Waals surface area contributed by atoms with E-state index in [1.54, 1.807) is 21.2 Å². The second-order valence-electron chi connectivity index (χ2n) is 5.93. The van der Waals surface area contributed by atoms with E-state index in [-0.39, 0.29) is 18.5 Å². The first kappa shape index (κ1) is 18.8. The van der Waals surface area contributed by atoms with E-state index in [0.717, 1.165) is 16.7 Å². The number of fused-ring (bicyclic) bond motifs is 1. The number of nitrogens with zero attached hydrogens (tertiary/aromatic N) is 2. The van der Waals surface area contributed by atoms with Crippen LogP contribution in [0.25, 0.3) is 11.0 Å². The van der Waals surface area contributed by atoms with Gasteiger partial charge in [-0.05, 0) is 19.1 Å². The lowest BCUT2D eigenvalue weighted by Gasteiger charge is -2.17. The molecule has 7 nitrogen and oxygen atoms in total. The van der Waals surface area contributed by atoms with Crippen LogP contribution in [0.5, 0.6) is 0 Å². The average Bonchev–Trinajstić information content (AvgIpc) is 3.03. The summed E-state index contributed by atoms with van der Waals surface area (Å²) >= 11 is 0. The molecule has 0 aliphatic heterocycles. The van der Waals surface area contributed by atoms with Gasteiger partial charge in [0.05, 0.1) is 12.6 Å². The molecule has 25 heavy (non-hydrogen) atoms. The number of ether oxygens (including phenoxy) is 1. The van der Waals surface area contributed by atoms with Gasteiger partial charge in [-0.1, -0.05) is 18.2 Å². The van der Waals surface area contributed by atoms with Gasteiger partial charge in [0.15, 0.2) is 5.96 Å². The maximum Gasteiger partial charge on any atom is 0.243 e. The average molecular weight is 346 g/mol. The number of hydrogen-bond acceptors (Lipinski definition) is 4. The van der Waals surface area contributed by atoms with Crippen molar-refractivity contribution in [2.24, 2.45) is 4.99 Å². The van der Waals surface area contributed by atoms with Crippen molar-refractivity contribution < 1.29 is 13.9 Å². The topological polar surface area (TPSA) is 79.1 Å². The molecule has 0 radical (unpaired) electrons. The summed E-state index contributed by atoms with van der Waals surface area (Å²) in [5.41, 5.74) is 0.847. The fraction of sp³-hybridized carbons (Fsp3) is 0.444. The first-order valence-electron chi connectivity index (χ1n) is 8.23. The molecule has 0 aliphatic carbocycles. The number of benzene rings is 1. The molecule has 1 aromatic carbocycles. The number of methoxy groups -OCH3 is 1. The molecule has 2 aromatic rings. The molecule has 1 aromatic heterocycles. The van der Waals surface area contributed by atoms with Gasteiger partial charge in [-0.2, -0.15) is 0 Å². The molecule has 7 heteroatoms. The van der Waals surface area contributed by atoms with E-state index in [1.165, 1.54) is 4.90 Å². The maximum absolute atomic E-state index is 11.8. The fourth-order valence-electron chi connectivity index (χ4n) is 2.20. The predicted octanol–water partition coefficient (Wildman–Crippen LogP) is 1.76. The van der Waals surface area contributed by atoms with Gasteiger partial charge in [0.25, 0.3) is 0 Å². The summed E-state index contributed by atoms with van der Waals surface area (Å²) in [5, 5.41) is 7.47. The van der Waals surface area contributed by atoms with Gasteiger partial charge < -0.3 is 24.7 Å². The minimum absolute atomic E-state index is 0.0655. The summed E-state index contributed by atoms with van der Waals surface area (Å²) in [4.78, 5) is 17.6. The van der Waals surface area contributed by atoms with Crippen LogP contribution < -0.4 is 10.6 Å². The maximum atomic E-state index is 11.8. The van der Waals surface area contributed by atoms with Crippen LogP contribution in [-0.4, -0.2) is 57.7 Å². The lowest BCUT2D eigenvalue weighted by molar-refractivity contribution is -0.127. The van der Waals surface area contributed by atoms with E-state index in [1.807, 2.05) is 37.3 Å². The number of carbonyl (C=O) groups is 1. The molecule has 0 saturated heterocycles. The van der Waals surface area contributed by atoms with E-state index in [0.29, 0.717) is 19.1 Å². The van der Waals surface area contributed by atoms with Crippen molar-refractivity contribution in [1.29, 1.82) is 0 Å². The van der Waals surface area contributed by atoms with Crippen molar-refractivity contribution in [1.82, 2.24) is 15.5 Å². The number of para-hydroxylation sites is 1. The van der Waals surface area contributed by atoms with E-state index in [4.69, 9.17) is 9.15 Å². The Morgan fingerprint density at radius 2 is 2.12 bits per heavy atom. The molecule has 2 rings (SSSR count). The third-order valence-corrected chi connectivity index (χ3v) is 3.69. The van der Waals surface area contributed by atoms with Gasteiger partial charge in [-0.3, -0.25) is 4.79 Å². The number of guanidine groups is 1. The summed E-state index contributed by atoms with van der Waals surface area (Å²) < 4.78 is 10.9. The quantitative estimate of drug-likeness (QED) is 0.454. The summed E-state index contributed by atoms with van der Waals surface area (Å²) in [6.45, 7) is 3.19. The lowest BCUT2D eigenvalue weighted by atomic mass is 10.2. The first-order valence-corrected chi connectivity index (χ1v) is 8.23. The molecule has 1 heterocycles. The second-order valence-corrected chi connectivity index (χ2v) is 5.93. The van der Waals surface area contributed by atoms with Crippen LogP contribution in [0.4, 0.5) is 0 Å². The minimum atomic E-state index is -0.101. The van der Waals surface area contributed by atoms with E-state index < -0.39 is 0 Å². The van der Waals surface area contributed by atoms with Gasteiger partial charge in [-0.25, -0.2) is 4.99 Å². The molecular weight excluding hydrogens is 320 g/mol. The third-order valence-electron chi connectivity index (χ3n) is 3.69. The smallest absolute Gasteiger partial charge is 0.243 e. The Labute approximate surface area is 148 Å². The van der Waals surface area contributed by atoms with Crippen LogP contribution >= 0.6 is 0 Å². The monoisotopic (exact) mass is 346 g/mol. The zero-order valence-electron chi connectivity index (χ0n) is 15.2. The van der Waals surface area contributed by atoms with E-state index in [9.17, 15) is 4.79 Å². The number of aliphatic imine (C=N–C) groups is 1. The first-order chi connectivity index (χ1) is 12.0. The molecule has 1 unspecified atom stereocenters. The van der Waals surface area contributed by atoms with Gasteiger partial charge in [0, 0.05) is 33.1 Å². The second kappa shape index (κ2) is 9.08. The Bertz CT molecular complexity index is 691. The van der Waals surface area contributed by atoms with Crippen molar-refractivity contribution in [2.45, 2.75) is 13.0 Å². The van der Waals surface area contributed by atoms with Crippen LogP contribution in [0.1, 0.15) is 18.7 Å². The summed E-state index contributed by atoms with van der Waals surface area (Å²) in [6.07, 6.45) is 0. The van der Waals surface area contributed by atoms with Gasteiger partial charge in [0.1, 0.15) is 17.9 Å². The van der Waals surface area contributed by atoms with Gasteiger partial charge >= 0.3 is 0 Å². The number of carbonyl (C=O) groups excluding carboxylic acids is 1. The third kappa shape index (κ3) is 5.49. The summed E-state index contributed by atoms with van der Waals surface area (Å²) in [6, 6.07) is 9.77. The van der Waals surface area contributed by atoms with Crippen LogP contribution in [-0.2, 0) is 9.53 Å². The number of likely N-dealkylation sites (N-methyl/N-ethyl adjacent to an activating group) is 1. The van der Waals surface area contributed by atoms with Gasteiger partial charge in [-0.15, -0.1) is 0 Å². The van der Waals surface area contributed by atoms with Crippen molar-refractivity contribution in [3.05, 3.63) is 36.1 Å². The van der Waals surface area contributed by atoms with Crippen LogP contribution in [0, 0.1) is 0 Å². The predicted molar refractivity (Wildman–Crippen MR) is 98.6 cm³/mol. The Morgan fingerprint density at radius 1 is 1.36 bits per heavy atom. The molecule has 0 saturated carbocycles. The van der Waals surface area contributed by atoms with E-state index in [2.05, 4.69) is 15.6 Å². The fourth-order valence-corrected chi connectivity index (χ4v) is 2.20. The molecule has 136 valence electrons.